The molecule has 2 aromatic carbocycles. The highest BCUT2D eigenvalue weighted by Gasteiger charge is 2.43. The Kier molecular flexibility index (Phi) is 4.36. The molecule has 0 amide bonds. The van der Waals surface area contributed by atoms with Gasteiger partial charge in [0.15, 0.2) is 0 Å². The molecule has 0 bridgehead atoms. The van der Waals surface area contributed by atoms with E-state index in [1.807, 2.05) is 0 Å². The fourth-order valence-electron chi connectivity index (χ4n) is 2.77. The molecule has 0 radical (unpaired) electrons. The van der Waals surface area contributed by atoms with E-state index in [2.05, 4.69) is 5.32 Å². The number of nitrogens with one attached hydrogen (secondary N) is 1. The van der Waals surface area contributed by atoms with Crippen LogP contribution < -0.4 is 5.32 Å². The van der Waals surface area contributed by atoms with E-state index in [0.29, 0.717) is 0 Å². The quantitative estimate of drug-likeness (QED) is 0.534. The van der Waals surface area contributed by atoms with E-state index < -0.39 is 24.0 Å². The van der Waals surface area contributed by atoms with Crippen LogP contribution in [0, 0.1) is 0 Å². The van der Waals surface area contributed by atoms with Gasteiger partial charge in [-0.1, -0.05) is 29.3 Å². The highest BCUT2D eigenvalue weighted by Crippen LogP contribution is 2.44. The van der Waals surface area contributed by atoms with Crippen molar-refractivity contribution in [1.82, 2.24) is 0 Å². The third kappa shape index (κ3) is 3.53. The Morgan fingerprint density at radius 3 is 2.20 bits per heavy atom. The first-order valence-corrected chi connectivity index (χ1v) is 7.75. The van der Waals surface area contributed by atoms with Crippen LogP contribution in [0.5, 0.6) is 0 Å². The fourth-order valence-corrected chi connectivity index (χ4v) is 3.21. The molecule has 0 saturated heterocycles. The zero-order valence-corrected chi connectivity index (χ0v) is 13.7. The van der Waals surface area contributed by atoms with Crippen LogP contribution >= 0.6 is 23.2 Å². The van der Waals surface area contributed by atoms with E-state index in [1.165, 1.54) is 18.2 Å². The fraction of sp³-hybridized carbons (Fsp3) is 0.250. The van der Waals surface area contributed by atoms with E-state index in [0.717, 1.165) is 12.1 Å². The van der Waals surface area contributed by atoms with Crippen molar-refractivity contribution in [2.45, 2.75) is 24.8 Å². The molecule has 1 aliphatic rings. The molecule has 9 heteroatoms. The summed E-state index contributed by atoms with van der Waals surface area (Å²) in [5, 5.41) is 2.11. The van der Waals surface area contributed by atoms with Crippen molar-refractivity contribution in [2.24, 2.45) is 0 Å². The summed E-state index contributed by atoms with van der Waals surface area (Å²) < 4.78 is 78.4. The lowest BCUT2D eigenvalue weighted by Gasteiger charge is -2.15. The molecule has 0 fully saturated rings. The van der Waals surface area contributed by atoms with Crippen LogP contribution in [0.15, 0.2) is 30.3 Å². The standard InChI is InChI=1S/C16H9Cl2F6N/c17-8-1-2-9(11(5-8)15(19,20)21)10-3-7-4-14(16(22,23)24)25-13(7)6-12(10)18/h1-3,5-6,14,25H,4H2. The molecule has 1 N–H and O–H groups in total. The molecule has 1 nitrogen and oxygen atoms in total. The largest absolute Gasteiger partial charge is 0.417 e. The van der Waals surface area contributed by atoms with E-state index in [-0.39, 0.29) is 38.8 Å². The maximum atomic E-state index is 13.3. The third-order valence-electron chi connectivity index (χ3n) is 3.92. The number of fused-ring (bicyclic) bond motifs is 1. The van der Waals surface area contributed by atoms with Crippen molar-refractivity contribution in [3.8, 4) is 11.1 Å². The molecule has 0 saturated carbocycles. The number of benzene rings is 2. The molecule has 1 heterocycles. The van der Waals surface area contributed by atoms with Crippen molar-refractivity contribution in [1.29, 1.82) is 0 Å². The Hall–Kier alpha value is -1.60. The minimum absolute atomic E-state index is 0.00836. The number of rotatable bonds is 1. The van der Waals surface area contributed by atoms with Crippen molar-refractivity contribution >= 4 is 28.9 Å². The van der Waals surface area contributed by atoms with Crippen LogP contribution in [0.4, 0.5) is 32.0 Å². The lowest BCUT2D eigenvalue weighted by atomic mass is 9.96. The van der Waals surface area contributed by atoms with Gasteiger partial charge in [-0.15, -0.1) is 0 Å². The molecule has 0 aromatic heterocycles. The first-order valence-electron chi connectivity index (χ1n) is 6.99. The predicted molar refractivity (Wildman–Crippen MR) is 84.1 cm³/mol. The predicted octanol–water partition coefficient (Wildman–Crippen LogP) is 6.58. The Balaban J connectivity index is 2.11. The molecule has 1 atom stereocenters. The van der Waals surface area contributed by atoms with Gasteiger partial charge in [0.05, 0.1) is 10.6 Å². The molecule has 1 aliphatic heterocycles. The Morgan fingerprint density at radius 1 is 0.920 bits per heavy atom. The van der Waals surface area contributed by atoms with Gasteiger partial charge in [-0.3, -0.25) is 0 Å². The highest BCUT2D eigenvalue weighted by molar-refractivity contribution is 6.34. The van der Waals surface area contributed by atoms with Gasteiger partial charge in [0, 0.05) is 22.7 Å². The van der Waals surface area contributed by atoms with Gasteiger partial charge in [-0.05, 0) is 35.4 Å². The van der Waals surface area contributed by atoms with Gasteiger partial charge in [0.25, 0.3) is 0 Å². The number of halogens is 8. The highest BCUT2D eigenvalue weighted by atomic mass is 35.5. The third-order valence-corrected chi connectivity index (χ3v) is 4.47. The maximum Gasteiger partial charge on any atom is 0.417 e. The number of anilines is 1. The van der Waals surface area contributed by atoms with Crippen molar-refractivity contribution in [3.63, 3.8) is 0 Å². The minimum atomic E-state index is -4.69. The van der Waals surface area contributed by atoms with Crippen molar-refractivity contribution in [3.05, 3.63) is 51.5 Å². The number of alkyl halides is 6. The summed E-state index contributed by atoms with van der Waals surface area (Å²) in [5.41, 5.74) is -0.808. The molecular weight excluding hydrogens is 391 g/mol. The van der Waals surface area contributed by atoms with Crippen LogP contribution in [0.1, 0.15) is 11.1 Å². The summed E-state index contributed by atoms with van der Waals surface area (Å²) in [6, 6.07) is 3.87. The Bertz CT molecular complexity index is 829. The van der Waals surface area contributed by atoms with Gasteiger partial charge in [0.1, 0.15) is 6.04 Å². The number of hydrogen-bond donors (Lipinski definition) is 1. The zero-order valence-electron chi connectivity index (χ0n) is 12.2. The first kappa shape index (κ1) is 18.2. The van der Waals surface area contributed by atoms with E-state index in [1.54, 1.807) is 0 Å². The molecule has 1 unspecified atom stereocenters. The van der Waals surface area contributed by atoms with Gasteiger partial charge in [0.2, 0.25) is 0 Å². The smallest absolute Gasteiger partial charge is 0.373 e. The average Bonchev–Trinajstić information content (AvgIpc) is 2.88. The lowest BCUT2D eigenvalue weighted by Crippen LogP contribution is -2.34. The van der Waals surface area contributed by atoms with Crippen LogP contribution in [0.2, 0.25) is 10.0 Å². The van der Waals surface area contributed by atoms with E-state index in [9.17, 15) is 26.3 Å². The second kappa shape index (κ2) is 5.99. The van der Waals surface area contributed by atoms with Crippen molar-refractivity contribution in [2.75, 3.05) is 5.32 Å². The van der Waals surface area contributed by atoms with Crippen LogP contribution in [-0.4, -0.2) is 12.2 Å². The SMILES string of the molecule is FC(F)(F)c1cc(Cl)ccc1-c1cc2c(cc1Cl)NC(C(F)(F)F)C2. The summed E-state index contributed by atoms with van der Waals surface area (Å²) in [6.45, 7) is 0. The zero-order chi connectivity index (χ0) is 18.6. The first-order chi connectivity index (χ1) is 11.5. The molecule has 25 heavy (non-hydrogen) atoms. The molecule has 0 spiro atoms. The van der Waals surface area contributed by atoms with Gasteiger partial charge < -0.3 is 5.32 Å². The molecule has 134 valence electrons. The van der Waals surface area contributed by atoms with Gasteiger partial charge in [-0.2, -0.15) is 26.3 Å². The maximum absolute atomic E-state index is 13.3. The van der Waals surface area contributed by atoms with Crippen molar-refractivity contribution < 1.29 is 26.3 Å². The van der Waals surface area contributed by atoms with Crippen LogP contribution in [0.3, 0.4) is 0 Å². The summed E-state index contributed by atoms with van der Waals surface area (Å²) in [7, 11) is 0. The minimum Gasteiger partial charge on any atom is -0.373 e. The number of hydrogen-bond acceptors (Lipinski definition) is 1. The molecule has 0 aliphatic carbocycles. The van der Waals surface area contributed by atoms with Crippen LogP contribution in [0.25, 0.3) is 11.1 Å². The summed E-state index contributed by atoms with van der Waals surface area (Å²) >= 11 is 11.7. The second-order valence-electron chi connectivity index (χ2n) is 5.62. The molecular formula is C16H9Cl2F6N. The van der Waals surface area contributed by atoms with E-state index >= 15 is 0 Å². The van der Waals surface area contributed by atoms with E-state index in [4.69, 9.17) is 23.2 Å². The normalized spacial score (nSPS) is 17.4. The molecule has 3 rings (SSSR count). The lowest BCUT2D eigenvalue weighted by molar-refractivity contribution is -0.140. The summed E-state index contributed by atoms with van der Waals surface area (Å²) in [4.78, 5) is 0. The summed E-state index contributed by atoms with van der Waals surface area (Å²) in [6.07, 6.45) is -9.53. The average molecular weight is 400 g/mol. The topological polar surface area (TPSA) is 12.0 Å². The van der Waals surface area contributed by atoms with Gasteiger partial charge >= 0.3 is 12.4 Å². The van der Waals surface area contributed by atoms with Crippen LogP contribution in [-0.2, 0) is 12.6 Å². The van der Waals surface area contributed by atoms with Gasteiger partial charge in [-0.25, -0.2) is 0 Å². The Morgan fingerprint density at radius 2 is 1.60 bits per heavy atom. The summed E-state index contributed by atoms with van der Waals surface area (Å²) in [5.74, 6) is 0. The monoisotopic (exact) mass is 399 g/mol. The Labute approximate surface area is 148 Å². The molecule has 2 aromatic rings. The second-order valence-corrected chi connectivity index (χ2v) is 6.46.